The summed E-state index contributed by atoms with van der Waals surface area (Å²) >= 11 is 4.71. The Morgan fingerprint density at radius 1 is 1.50 bits per heavy atom. The molecule has 20 heavy (non-hydrogen) atoms. The maximum atomic E-state index is 7.54. The van der Waals surface area contributed by atoms with E-state index >= 15 is 0 Å². The molecular weight excluding hydrogens is 312 g/mol. The average Bonchev–Trinajstić information content (AvgIpc) is 3.17. The van der Waals surface area contributed by atoms with Crippen LogP contribution >= 0.6 is 34.4 Å². The van der Waals surface area contributed by atoms with Gasteiger partial charge in [0.15, 0.2) is 0 Å². The second-order valence-electron chi connectivity index (χ2n) is 3.88. The lowest BCUT2D eigenvalue weighted by Gasteiger charge is -1.94. The fourth-order valence-electron chi connectivity index (χ4n) is 1.67. The fraction of sp³-hybridized carbons (Fsp3) is 0.0833. The number of aromatic nitrogens is 2. The van der Waals surface area contributed by atoms with Gasteiger partial charge in [-0.3, -0.25) is 5.41 Å². The Balaban J connectivity index is 2.03. The summed E-state index contributed by atoms with van der Waals surface area (Å²) in [6.45, 7) is 0. The fourth-order valence-corrected chi connectivity index (χ4v) is 4.38. The molecule has 0 aliphatic carbocycles. The zero-order valence-corrected chi connectivity index (χ0v) is 12.9. The van der Waals surface area contributed by atoms with E-state index in [0.29, 0.717) is 0 Å². The van der Waals surface area contributed by atoms with Gasteiger partial charge in [0.2, 0.25) is 0 Å². The van der Waals surface area contributed by atoms with Crippen molar-refractivity contribution in [3.05, 3.63) is 28.8 Å². The Morgan fingerprint density at radius 2 is 2.35 bits per heavy atom. The number of nitrogens with one attached hydrogen (secondary N) is 1. The summed E-state index contributed by atoms with van der Waals surface area (Å²) in [5.74, 6) is 0.0902. The van der Waals surface area contributed by atoms with Crippen LogP contribution in [0, 0.1) is 5.41 Å². The normalized spacial score (nSPS) is 10.8. The van der Waals surface area contributed by atoms with E-state index in [-0.39, 0.29) is 5.84 Å². The standard InChI is InChI=1S/C12H10N4OS3/c1-18-12-7(2-9(20-12)10(13)14)11-16-8(5-19-11)6-3-15-17-4-6/h2-5H,1H3,(H3,13,14). The number of rotatable bonds is 4. The molecule has 0 amide bonds. The highest BCUT2D eigenvalue weighted by molar-refractivity contribution is 8.00. The maximum Gasteiger partial charge on any atom is 0.133 e. The highest BCUT2D eigenvalue weighted by Gasteiger charge is 2.16. The number of nitrogens with zero attached hydrogens (tertiary/aromatic N) is 2. The summed E-state index contributed by atoms with van der Waals surface area (Å²) in [5, 5.41) is 14.1. The molecule has 5 nitrogen and oxygen atoms in total. The molecule has 0 unspecified atom stereocenters. The number of hydrogen-bond donors (Lipinski definition) is 2. The van der Waals surface area contributed by atoms with Crippen LogP contribution in [0.4, 0.5) is 0 Å². The molecule has 3 heterocycles. The molecule has 0 radical (unpaired) electrons. The van der Waals surface area contributed by atoms with Crippen molar-refractivity contribution in [3.63, 3.8) is 0 Å². The highest BCUT2D eigenvalue weighted by atomic mass is 32.2. The van der Waals surface area contributed by atoms with Crippen molar-refractivity contribution in [1.29, 1.82) is 5.41 Å². The lowest BCUT2D eigenvalue weighted by Crippen LogP contribution is -2.08. The molecule has 0 saturated carbocycles. The number of thiophene rings is 1. The molecule has 0 saturated heterocycles. The molecule has 8 heteroatoms. The molecule has 0 atom stereocenters. The first-order chi connectivity index (χ1) is 9.69. The number of nitrogen functional groups attached to an aromatic ring is 1. The average molecular weight is 322 g/mol. The molecule has 3 N–H and O–H groups in total. The Morgan fingerprint density at radius 3 is 3.00 bits per heavy atom. The molecule has 0 aromatic carbocycles. The van der Waals surface area contributed by atoms with E-state index in [1.165, 1.54) is 11.3 Å². The van der Waals surface area contributed by atoms with Gasteiger partial charge in [-0.1, -0.05) is 5.16 Å². The molecule has 3 rings (SSSR count). The minimum atomic E-state index is 0.0902. The van der Waals surface area contributed by atoms with Crippen molar-refractivity contribution >= 4 is 40.3 Å². The molecule has 0 bridgehead atoms. The summed E-state index contributed by atoms with van der Waals surface area (Å²) in [6, 6.07) is 1.93. The minimum absolute atomic E-state index is 0.0902. The third kappa shape index (κ3) is 2.37. The Hall–Kier alpha value is -1.64. The third-order valence-corrected chi connectivity index (χ3v) is 5.79. The predicted octanol–water partition coefficient (Wildman–Crippen LogP) is 3.53. The van der Waals surface area contributed by atoms with Crippen LogP contribution in [0.2, 0.25) is 0 Å². The molecule has 0 aliphatic rings. The SMILES string of the molecule is CSc1sc(C(=N)N)cc1-c1nc(-c2cnoc2)cs1. The zero-order chi connectivity index (χ0) is 14.1. The van der Waals surface area contributed by atoms with Gasteiger partial charge in [-0.25, -0.2) is 4.98 Å². The van der Waals surface area contributed by atoms with Crippen LogP contribution < -0.4 is 5.73 Å². The van der Waals surface area contributed by atoms with Crippen LogP contribution in [0.5, 0.6) is 0 Å². The summed E-state index contributed by atoms with van der Waals surface area (Å²) in [4.78, 5) is 5.37. The van der Waals surface area contributed by atoms with Gasteiger partial charge in [0.1, 0.15) is 17.1 Å². The van der Waals surface area contributed by atoms with Crippen molar-refractivity contribution in [2.75, 3.05) is 6.26 Å². The van der Waals surface area contributed by atoms with Gasteiger partial charge in [-0.15, -0.1) is 34.4 Å². The quantitative estimate of drug-likeness (QED) is 0.436. The van der Waals surface area contributed by atoms with Crippen molar-refractivity contribution in [2.45, 2.75) is 4.21 Å². The van der Waals surface area contributed by atoms with E-state index in [1.54, 1.807) is 35.6 Å². The van der Waals surface area contributed by atoms with E-state index in [2.05, 4.69) is 10.1 Å². The third-order valence-electron chi connectivity index (χ3n) is 2.61. The first-order valence-electron chi connectivity index (χ1n) is 5.57. The molecule has 0 aliphatic heterocycles. The minimum Gasteiger partial charge on any atom is -0.383 e. The first-order valence-corrected chi connectivity index (χ1v) is 8.49. The van der Waals surface area contributed by atoms with Crippen molar-refractivity contribution in [3.8, 4) is 21.8 Å². The lowest BCUT2D eigenvalue weighted by molar-refractivity contribution is 0.420. The van der Waals surface area contributed by atoms with Crippen LogP contribution in [0.15, 0.2) is 32.6 Å². The summed E-state index contributed by atoms with van der Waals surface area (Å²) in [6.07, 6.45) is 5.22. The van der Waals surface area contributed by atoms with Gasteiger partial charge in [0, 0.05) is 10.9 Å². The van der Waals surface area contributed by atoms with Crippen molar-refractivity contribution < 1.29 is 4.52 Å². The molecule has 0 spiro atoms. The zero-order valence-electron chi connectivity index (χ0n) is 10.4. The maximum absolute atomic E-state index is 7.54. The topological polar surface area (TPSA) is 88.8 Å². The Bertz CT molecular complexity index is 745. The van der Waals surface area contributed by atoms with Gasteiger partial charge < -0.3 is 10.3 Å². The largest absolute Gasteiger partial charge is 0.383 e. The molecular formula is C12H10N4OS3. The second kappa shape index (κ2) is 5.39. The molecule has 3 aromatic rings. The van der Waals surface area contributed by atoms with E-state index in [9.17, 15) is 0 Å². The Labute approximate surface area is 127 Å². The van der Waals surface area contributed by atoms with Crippen molar-refractivity contribution in [1.82, 2.24) is 10.1 Å². The number of hydrogen-bond acceptors (Lipinski definition) is 7. The van der Waals surface area contributed by atoms with Gasteiger partial charge in [0.05, 0.1) is 26.5 Å². The van der Waals surface area contributed by atoms with Gasteiger partial charge in [0.25, 0.3) is 0 Å². The summed E-state index contributed by atoms with van der Waals surface area (Å²) in [5.41, 5.74) is 8.29. The monoisotopic (exact) mass is 322 g/mol. The van der Waals surface area contributed by atoms with Gasteiger partial charge in [-0.05, 0) is 12.3 Å². The van der Waals surface area contributed by atoms with Crippen LogP contribution in [0.3, 0.4) is 0 Å². The van der Waals surface area contributed by atoms with Crippen molar-refractivity contribution in [2.24, 2.45) is 5.73 Å². The first kappa shape index (κ1) is 13.3. The van der Waals surface area contributed by atoms with E-state index in [1.807, 2.05) is 17.7 Å². The Kier molecular flexibility index (Phi) is 3.60. The van der Waals surface area contributed by atoms with E-state index in [4.69, 9.17) is 15.7 Å². The summed E-state index contributed by atoms with van der Waals surface area (Å²) in [7, 11) is 0. The van der Waals surface area contributed by atoms with E-state index in [0.717, 1.165) is 30.9 Å². The highest BCUT2D eigenvalue weighted by Crippen LogP contribution is 2.39. The lowest BCUT2D eigenvalue weighted by atomic mass is 10.3. The van der Waals surface area contributed by atoms with Gasteiger partial charge in [-0.2, -0.15) is 0 Å². The molecule has 102 valence electrons. The molecule has 3 aromatic heterocycles. The number of thioether (sulfide) groups is 1. The second-order valence-corrected chi connectivity index (χ2v) is 6.87. The van der Waals surface area contributed by atoms with Crippen LogP contribution in [-0.4, -0.2) is 22.2 Å². The molecule has 0 fully saturated rings. The van der Waals surface area contributed by atoms with Crippen LogP contribution in [0.25, 0.3) is 21.8 Å². The van der Waals surface area contributed by atoms with E-state index < -0.39 is 0 Å². The number of nitrogens with two attached hydrogens (primary N) is 1. The van der Waals surface area contributed by atoms with Crippen LogP contribution in [-0.2, 0) is 0 Å². The number of amidine groups is 1. The van der Waals surface area contributed by atoms with Gasteiger partial charge >= 0.3 is 0 Å². The smallest absolute Gasteiger partial charge is 0.133 e. The number of thiazole rings is 1. The summed E-state index contributed by atoms with van der Waals surface area (Å²) < 4.78 is 5.94. The van der Waals surface area contributed by atoms with Crippen LogP contribution in [0.1, 0.15) is 4.88 Å². The predicted molar refractivity (Wildman–Crippen MR) is 83.7 cm³/mol.